The van der Waals surface area contributed by atoms with Crippen LogP contribution in [0.4, 0.5) is 27.2 Å². The summed E-state index contributed by atoms with van der Waals surface area (Å²) in [6.07, 6.45) is -4.76. The van der Waals surface area contributed by atoms with Crippen LogP contribution < -0.4 is 5.32 Å². The number of aromatic amines is 1. The van der Waals surface area contributed by atoms with Crippen molar-refractivity contribution in [1.82, 2.24) is 29.7 Å². The highest BCUT2D eigenvalue weighted by Crippen LogP contribution is 2.37. The van der Waals surface area contributed by atoms with Crippen LogP contribution in [0.25, 0.3) is 33.5 Å². The number of fused-ring (bicyclic) bond motifs is 2. The lowest BCUT2D eigenvalue weighted by molar-refractivity contribution is -0.135. The van der Waals surface area contributed by atoms with Gasteiger partial charge in [0.15, 0.2) is 5.82 Å². The Hall–Kier alpha value is -4.82. The maximum atomic E-state index is 15.2. The summed E-state index contributed by atoms with van der Waals surface area (Å²) in [5.74, 6) is -1.67. The minimum Gasteiger partial charge on any atom is -0.465 e. The van der Waals surface area contributed by atoms with Crippen LogP contribution in [0.5, 0.6) is 0 Å². The van der Waals surface area contributed by atoms with E-state index in [0.29, 0.717) is 27.7 Å². The number of carbonyl (C=O) groups is 3. The van der Waals surface area contributed by atoms with Gasteiger partial charge in [0.2, 0.25) is 5.91 Å². The largest absolute Gasteiger partial charge is 0.465 e. The van der Waals surface area contributed by atoms with E-state index in [4.69, 9.17) is 9.72 Å². The van der Waals surface area contributed by atoms with Gasteiger partial charge in [0.05, 0.1) is 35.9 Å². The number of amides is 3. The van der Waals surface area contributed by atoms with Crippen LogP contribution in [0, 0.1) is 17.6 Å². The number of carboxylic acid groups (broad SMARTS) is 1. The van der Waals surface area contributed by atoms with Crippen LogP contribution in [0.1, 0.15) is 53.0 Å². The summed E-state index contributed by atoms with van der Waals surface area (Å²) >= 11 is 0. The zero-order chi connectivity index (χ0) is 36.9. The van der Waals surface area contributed by atoms with Crippen molar-refractivity contribution in [1.29, 1.82) is 0 Å². The Morgan fingerprint density at radius 1 is 1.00 bits per heavy atom. The van der Waals surface area contributed by atoms with Crippen LogP contribution in [0.15, 0.2) is 36.4 Å². The third kappa shape index (κ3) is 7.47. The molecule has 0 bridgehead atoms. The van der Waals surface area contributed by atoms with E-state index in [9.17, 15) is 32.7 Å². The Balaban J connectivity index is 1.42. The van der Waals surface area contributed by atoms with Crippen molar-refractivity contribution in [2.75, 3.05) is 13.1 Å². The summed E-state index contributed by atoms with van der Waals surface area (Å²) in [5, 5.41) is 13.0. The number of H-pyrrole nitrogens is 1. The van der Waals surface area contributed by atoms with Gasteiger partial charge in [-0.15, -0.1) is 0 Å². The smallest absolute Gasteiger partial charge is 0.408 e. The van der Waals surface area contributed by atoms with Gasteiger partial charge >= 0.3 is 12.2 Å². The molecule has 0 radical (unpaired) electrons. The summed E-state index contributed by atoms with van der Waals surface area (Å²) < 4.78 is 65.9. The second kappa shape index (κ2) is 13.7. The van der Waals surface area contributed by atoms with Gasteiger partial charge in [0, 0.05) is 42.4 Å². The molecule has 274 valence electrons. The van der Waals surface area contributed by atoms with Crippen molar-refractivity contribution < 1.29 is 41.8 Å². The third-order valence-electron chi connectivity index (χ3n) is 9.50. The van der Waals surface area contributed by atoms with E-state index in [2.05, 4.69) is 10.3 Å². The molecule has 2 aromatic heterocycles. The zero-order valence-electron chi connectivity index (χ0n) is 29.1. The van der Waals surface area contributed by atoms with E-state index >= 15 is 4.39 Å². The first-order valence-corrected chi connectivity index (χ1v) is 17.0. The molecule has 6 rings (SSSR count). The molecule has 2 aliphatic rings. The Bertz CT molecular complexity index is 1970. The summed E-state index contributed by atoms with van der Waals surface area (Å²) in [7, 11) is 0. The number of hydrogen-bond donors (Lipinski definition) is 3. The number of hydrogen-bond acceptors (Lipinski definition) is 5. The van der Waals surface area contributed by atoms with Crippen molar-refractivity contribution in [3.8, 4) is 11.5 Å². The molecule has 3 amide bonds. The molecule has 51 heavy (non-hydrogen) atoms. The van der Waals surface area contributed by atoms with Gasteiger partial charge in [-0.3, -0.25) is 4.79 Å². The number of aromatic nitrogens is 3. The number of nitrogens with zero attached hydrogens (tertiary/aromatic N) is 4. The lowest BCUT2D eigenvalue weighted by Gasteiger charge is -2.32. The van der Waals surface area contributed by atoms with Crippen molar-refractivity contribution in [3.63, 3.8) is 0 Å². The molecule has 11 nitrogen and oxygen atoms in total. The molecular weight excluding hydrogens is 672 g/mol. The second-order valence-corrected chi connectivity index (χ2v) is 14.8. The lowest BCUT2D eigenvalue weighted by atomic mass is 10.00. The van der Waals surface area contributed by atoms with Gasteiger partial charge in [-0.1, -0.05) is 13.8 Å². The predicted octanol–water partition coefficient (Wildman–Crippen LogP) is 6.58. The molecule has 2 aliphatic heterocycles. The molecule has 5 atom stereocenters. The molecule has 4 aromatic rings. The van der Waals surface area contributed by atoms with Crippen molar-refractivity contribution in [2.24, 2.45) is 5.92 Å². The van der Waals surface area contributed by atoms with Crippen molar-refractivity contribution in [2.45, 2.75) is 96.5 Å². The molecular formula is C36H42F4N6O5. The molecule has 2 aromatic carbocycles. The van der Waals surface area contributed by atoms with Gasteiger partial charge in [-0.25, -0.2) is 32.1 Å². The first-order chi connectivity index (χ1) is 24.0. The number of carbonyl (C=O) groups excluding carboxylic acids is 2. The van der Waals surface area contributed by atoms with E-state index < -0.39 is 65.8 Å². The Morgan fingerprint density at radius 3 is 2.31 bits per heavy atom. The Morgan fingerprint density at radius 2 is 1.65 bits per heavy atom. The van der Waals surface area contributed by atoms with Gasteiger partial charge in [-0.2, -0.15) is 0 Å². The number of likely N-dealkylation sites (tertiary alicyclic amines) is 2. The number of alkyl carbamates (subject to hydrolysis) is 1. The number of benzene rings is 2. The van der Waals surface area contributed by atoms with Crippen LogP contribution in [-0.4, -0.2) is 96.7 Å². The molecule has 15 heteroatoms. The van der Waals surface area contributed by atoms with Crippen LogP contribution in [0.2, 0.25) is 0 Å². The highest BCUT2D eigenvalue weighted by Gasteiger charge is 2.41. The fourth-order valence-electron chi connectivity index (χ4n) is 7.27. The van der Waals surface area contributed by atoms with E-state index in [1.165, 1.54) is 35.2 Å². The van der Waals surface area contributed by atoms with Gasteiger partial charge in [-0.05, 0) is 69.0 Å². The summed E-state index contributed by atoms with van der Waals surface area (Å²) in [5.41, 5.74) is 1.24. The van der Waals surface area contributed by atoms with Crippen molar-refractivity contribution >= 4 is 40.0 Å². The minimum absolute atomic E-state index is 0.0152. The molecule has 0 spiro atoms. The first-order valence-electron chi connectivity index (χ1n) is 17.0. The fraction of sp³-hybridized carbons (Fsp3) is 0.500. The normalized spacial score (nSPS) is 21.6. The van der Waals surface area contributed by atoms with E-state index in [1.54, 1.807) is 45.3 Å². The first kappa shape index (κ1) is 36.0. The second-order valence-electron chi connectivity index (χ2n) is 14.8. The minimum atomic E-state index is -1.37. The Labute approximate surface area is 291 Å². The lowest BCUT2D eigenvalue weighted by Crippen LogP contribution is -2.53. The maximum absolute atomic E-state index is 15.2. The number of ether oxygens (including phenoxy) is 1. The monoisotopic (exact) mass is 714 g/mol. The number of imidazole rings is 1. The van der Waals surface area contributed by atoms with Crippen LogP contribution >= 0.6 is 0 Å². The number of nitrogens with one attached hydrogen (secondary N) is 2. The topological polar surface area (TPSA) is 133 Å². The van der Waals surface area contributed by atoms with Crippen molar-refractivity contribution in [3.05, 3.63) is 53.6 Å². The van der Waals surface area contributed by atoms with E-state index in [0.717, 1.165) is 4.90 Å². The summed E-state index contributed by atoms with van der Waals surface area (Å²) in [6.45, 7) is 8.14. The number of rotatable bonds is 8. The molecule has 0 saturated carbocycles. The average molecular weight is 715 g/mol. The Kier molecular flexibility index (Phi) is 9.68. The molecule has 0 aliphatic carbocycles. The maximum Gasteiger partial charge on any atom is 0.408 e. The van der Waals surface area contributed by atoms with Gasteiger partial charge < -0.3 is 34.5 Å². The third-order valence-corrected chi connectivity index (χ3v) is 9.50. The fourth-order valence-corrected chi connectivity index (χ4v) is 7.27. The zero-order valence-corrected chi connectivity index (χ0v) is 29.1. The number of alkyl halides is 2. The quantitative estimate of drug-likeness (QED) is 0.177. The molecule has 3 N–H and O–H groups in total. The average Bonchev–Trinajstić information content (AvgIpc) is 3.78. The van der Waals surface area contributed by atoms with E-state index in [-0.39, 0.29) is 56.2 Å². The van der Waals surface area contributed by atoms with Crippen LogP contribution in [0.3, 0.4) is 0 Å². The predicted molar refractivity (Wildman–Crippen MR) is 182 cm³/mol. The van der Waals surface area contributed by atoms with Gasteiger partial charge in [0.1, 0.15) is 35.6 Å². The molecule has 4 heterocycles. The molecule has 0 unspecified atom stereocenters. The molecule has 2 saturated heterocycles. The van der Waals surface area contributed by atoms with Crippen LogP contribution in [-0.2, 0) is 22.5 Å². The number of halogens is 4. The highest BCUT2D eigenvalue weighted by molar-refractivity contribution is 5.92. The standard InChI is InChI=1S/C36H42F4N6O5/c1-18(2)30(43-34(48)51-36(3,4)5)33(47)44-15-22(40)11-24(44)17-46-29-9-7-20(38)13-28(29)42-32(46)31-26(25-8-6-19(37)12-27(25)41-31)14-23-10-21(39)16-45(23)35(49)50/h6-9,12-13,18,21-24,30,41H,10-11,14-17H2,1-5H3,(H,43,48)(H,49,50)/t21-,22-,23-,24-,30-/m0/s1. The van der Waals surface area contributed by atoms with E-state index in [1.807, 2.05) is 0 Å². The van der Waals surface area contributed by atoms with Gasteiger partial charge in [0.25, 0.3) is 0 Å². The SMILES string of the molecule is CC(C)[C@H](NC(=O)OC(C)(C)C)C(=O)N1C[C@@H](F)C[C@H]1Cn1c(-c2[nH]c3cc(F)ccc3c2C[C@@H]2C[C@H](F)CN2C(=O)O)nc2cc(F)ccc21. The summed E-state index contributed by atoms with van der Waals surface area (Å²) in [4.78, 5) is 49.2. The highest BCUT2D eigenvalue weighted by atomic mass is 19.1. The molecule has 2 fully saturated rings. The summed E-state index contributed by atoms with van der Waals surface area (Å²) in [6, 6.07) is 5.66.